The number of fused-ring (bicyclic) bond motifs is 2. The molecule has 9 nitrogen and oxygen atoms in total. The van der Waals surface area contributed by atoms with Crippen molar-refractivity contribution >= 4 is 51.1 Å². The number of hydrogen-bond acceptors (Lipinski definition) is 7. The molecule has 0 unspecified atom stereocenters. The first-order valence-electron chi connectivity index (χ1n) is 14.8. The van der Waals surface area contributed by atoms with Crippen LogP contribution in [-0.4, -0.2) is 94.9 Å². The van der Waals surface area contributed by atoms with E-state index in [9.17, 15) is 4.79 Å². The van der Waals surface area contributed by atoms with Gasteiger partial charge in [0, 0.05) is 79.7 Å². The molecule has 5 heterocycles. The lowest BCUT2D eigenvalue weighted by molar-refractivity contribution is -0.139. The van der Waals surface area contributed by atoms with Gasteiger partial charge < -0.3 is 19.6 Å². The number of aromatic nitrogens is 4. The van der Waals surface area contributed by atoms with Gasteiger partial charge in [-0.25, -0.2) is 9.37 Å². The predicted molar refractivity (Wildman–Crippen MR) is 169 cm³/mol. The molecule has 0 saturated carbocycles. The fourth-order valence-electron chi connectivity index (χ4n) is 6.97. The van der Waals surface area contributed by atoms with Gasteiger partial charge in [0.15, 0.2) is 5.82 Å². The molecule has 3 saturated heterocycles. The second-order valence-corrected chi connectivity index (χ2v) is 13.1. The van der Waals surface area contributed by atoms with E-state index >= 15 is 4.39 Å². The second-order valence-electron chi connectivity index (χ2n) is 12.7. The van der Waals surface area contributed by atoms with E-state index in [0.29, 0.717) is 33.8 Å². The van der Waals surface area contributed by atoms with Crippen molar-refractivity contribution in [3.63, 3.8) is 0 Å². The fraction of sp³-hybridized carbons (Fsp3) is 0.438. The highest BCUT2D eigenvalue weighted by Crippen LogP contribution is 2.45. The highest BCUT2D eigenvalue weighted by molar-refractivity contribution is 6.35. The van der Waals surface area contributed by atoms with E-state index < -0.39 is 5.82 Å². The summed E-state index contributed by atoms with van der Waals surface area (Å²) in [7, 11) is 5.99. The van der Waals surface area contributed by atoms with Crippen LogP contribution in [0, 0.1) is 18.2 Å². The minimum absolute atomic E-state index is 0.0111. The van der Waals surface area contributed by atoms with E-state index in [2.05, 4.69) is 40.5 Å². The smallest absolute Gasteiger partial charge is 0.245 e. The molecule has 224 valence electrons. The van der Waals surface area contributed by atoms with Gasteiger partial charge in [0.1, 0.15) is 11.3 Å². The molecule has 4 aromatic rings. The Morgan fingerprint density at radius 3 is 2.53 bits per heavy atom. The predicted octanol–water partition coefficient (Wildman–Crippen LogP) is 4.65. The van der Waals surface area contributed by atoms with Crippen LogP contribution >= 0.6 is 11.6 Å². The van der Waals surface area contributed by atoms with Gasteiger partial charge in [0.05, 0.1) is 16.7 Å². The van der Waals surface area contributed by atoms with Crippen LogP contribution in [0.5, 0.6) is 0 Å². The maximum absolute atomic E-state index is 16.9. The molecule has 7 rings (SSSR count). The van der Waals surface area contributed by atoms with Crippen molar-refractivity contribution in [1.82, 2.24) is 29.5 Å². The van der Waals surface area contributed by atoms with E-state index in [1.165, 1.54) is 6.08 Å². The Bertz CT molecular complexity index is 1780. The Kier molecular flexibility index (Phi) is 6.63. The zero-order chi connectivity index (χ0) is 30.2. The maximum Gasteiger partial charge on any atom is 0.245 e. The Morgan fingerprint density at radius 2 is 1.86 bits per heavy atom. The molecule has 2 aromatic heterocycles. The molecule has 0 aliphatic carbocycles. The van der Waals surface area contributed by atoms with Gasteiger partial charge in [-0.3, -0.25) is 9.48 Å². The zero-order valence-corrected chi connectivity index (χ0v) is 25.8. The van der Waals surface area contributed by atoms with Gasteiger partial charge >= 0.3 is 0 Å². The van der Waals surface area contributed by atoms with Crippen molar-refractivity contribution in [2.24, 2.45) is 12.5 Å². The Morgan fingerprint density at radius 1 is 1.14 bits per heavy atom. The van der Waals surface area contributed by atoms with Crippen molar-refractivity contribution in [3.05, 3.63) is 53.5 Å². The number of aryl methyl sites for hydroxylation is 2. The second kappa shape index (κ2) is 10.2. The van der Waals surface area contributed by atoms with Crippen molar-refractivity contribution in [1.29, 1.82) is 0 Å². The Balaban J connectivity index is 1.32. The molecule has 1 amide bonds. The number of hydrogen-bond donors (Lipinski definition) is 0. The quantitative estimate of drug-likeness (QED) is 0.308. The maximum atomic E-state index is 16.9. The SMILES string of the molecule is C=CC(=O)N1CC2(CCN(c3nc(N4CC(N(C)C)C4)nc4c(F)c(-c5c(C)ccc6cnn(C)c56)c(Cl)cc34)CC2)C1. The summed E-state index contributed by atoms with van der Waals surface area (Å²) in [5, 5.41) is 6.28. The van der Waals surface area contributed by atoms with Crippen molar-refractivity contribution < 1.29 is 9.18 Å². The summed E-state index contributed by atoms with van der Waals surface area (Å²) >= 11 is 6.97. The van der Waals surface area contributed by atoms with Crippen LogP contribution in [0.3, 0.4) is 0 Å². The number of piperidine rings is 1. The Hall–Kier alpha value is -3.76. The number of amides is 1. The molecular weight excluding hydrogens is 567 g/mol. The van der Waals surface area contributed by atoms with Crippen LogP contribution in [0.25, 0.3) is 32.9 Å². The number of carbonyl (C=O) groups excluding carboxylic acids is 1. The normalized spacial score (nSPS) is 18.5. The minimum Gasteiger partial charge on any atom is -0.356 e. The summed E-state index contributed by atoms with van der Waals surface area (Å²) < 4.78 is 18.7. The van der Waals surface area contributed by atoms with E-state index in [-0.39, 0.29) is 16.8 Å². The molecule has 0 radical (unpaired) electrons. The van der Waals surface area contributed by atoms with Crippen LogP contribution in [0.2, 0.25) is 5.02 Å². The summed E-state index contributed by atoms with van der Waals surface area (Å²) in [6, 6.07) is 6.20. The number of nitrogens with zero attached hydrogens (tertiary/aromatic N) is 8. The van der Waals surface area contributed by atoms with Crippen LogP contribution < -0.4 is 9.80 Å². The van der Waals surface area contributed by atoms with Crippen LogP contribution in [-0.2, 0) is 11.8 Å². The number of likely N-dealkylation sites (tertiary alicyclic amines) is 1. The van der Waals surface area contributed by atoms with Gasteiger partial charge in [0.2, 0.25) is 11.9 Å². The molecular formula is C32H36ClFN8O. The third-order valence-electron chi connectivity index (χ3n) is 9.75. The first kappa shape index (κ1) is 28.0. The summed E-state index contributed by atoms with van der Waals surface area (Å²) in [5.41, 5.74) is 3.20. The van der Waals surface area contributed by atoms with E-state index in [1.807, 2.05) is 37.1 Å². The van der Waals surface area contributed by atoms with Gasteiger partial charge in [-0.05, 0) is 51.6 Å². The first-order valence-corrected chi connectivity index (χ1v) is 15.2. The van der Waals surface area contributed by atoms with E-state index in [0.717, 1.165) is 74.1 Å². The molecule has 2 aromatic carbocycles. The van der Waals surface area contributed by atoms with Crippen molar-refractivity contribution in [2.45, 2.75) is 25.8 Å². The molecule has 1 spiro atoms. The lowest BCUT2D eigenvalue weighted by Crippen LogP contribution is -2.61. The van der Waals surface area contributed by atoms with Crippen LogP contribution in [0.1, 0.15) is 18.4 Å². The number of anilines is 2. The number of carbonyl (C=O) groups is 1. The monoisotopic (exact) mass is 602 g/mol. The van der Waals surface area contributed by atoms with Crippen molar-refractivity contribution in [2.75, 3.05) is 63.2 Å². The molecule has 3 fully saturated rings. The lowest BCUT2D eigenvalue weighted by atomic mass is 9.72. The summed E-state index contributed by atoms with van der Waals surface area (Å²) in [6.45, 7) is 10.2. The molecule has 11 heteroatoms. The van der Waals surface area contributed by atoms with Crippen molar-refractivity contribution in [3.8, 4) is 11.1 Å². The highest BCUT2D eigenvalue weighted by Gasteiger charge is 2.46. The van der Waals surface area contributed by atoms with Gasteiger partial charge in [-0.15, -0.1) is 0 Å². The Labute approximate surface area is 255 Å². The number of benzene rings is 2. The molecule has 3 aliphatic heterocycles. The molecule has 0 atom stereocenters. The first-order chi connectivity index (χ1) is 20.6. The number of likely N-dealkylation sites (N-methyl/N-ethyl adjacent to an activating group) is 1. The molecule has 3 aliphatic rings. The topological polar surface area (TPSA) is 73.6 Å². The summed E-state index contributed by atoms with van der Waals surface area (Å²) in [5.74, 6) is 0.794. The number of halogens is 2. The standard InChI is InChI=1S/C32H36ClFN8O/c1-6-24(43)42-17-32(18-42)9-11-40(12-10-32)30-22-13-23(33)26(25-19(2)7-8-20-14-35-39(5)29(20)25)27(34)28(22)36-31(37-30)41-15-21(16-41)38(3)4/h6-8,13-14,21H,1,9-12,15-18H2,2-5H3. The molecule has 0 bridgehead atoms. The third kappa shape index (κ3) is 4.45. The van der Waals surface area contributed by atoms with Crippen LogP contribution in [0.15, 0.2) is 37.1 Å². The largest absolute Gasteiger partial charge is 0.356 e. The third-order valence-corrected chi connectivity index (χ3v) is 10.0. The molecule has 43 heavy (non-hydrogen) atoms. The highest BCUT2D eigenvalue weighted by atomic mass is 35.5. The van der Waals surface area contributed by atoms with E-state index in [1.54, 1.807) is 10.9 Å². The fourth-order valence-corrected chi connectivity index (χ4v) is 7.25. The van der Waals surface area contributed by atoms with Gasteiger partial charge in [-0.2, -0.15) is 10.1 Å². The van der Waals surface area contributed by atoms with Crippen LogP contribution in [0.4, 0.5) is 16.2 Å². The lowest BCUT2D eigenvalue weighted by Gasteiger charge is -2.54. The average Bonchev–Trinajstić information content (AvgIpc) is 3.32. The summed E-state index contributed by atoms with van der Waals surface area (Å²) in [4.78, 5) is 30.4. The minimum atomic E-state index is -0.445. The van der Waals surface area contributed by atoms with E-state index in [4.69, 9.17) is 21.6 Å². The van der Waals surface area contributed by atoms with Gasteiger partial charge in [0.25, 0.3) is 0 Å². The number of rotatable bonds is 5. The summed E-state index contributed by atoms with van der Waals surface area (Å²) in [6.07, 6.45) is 5.02. The molecule has 0 N–H and O–H groups in total. The zero-order valence-electron chi connectivity index (χ0n) is 25.1. The van der Waals surface area contributed by atoms with Gasteiger partial charge in [-0.1, -0.05) is 30.3 Å². The average molecular weight is 603 g/mol.